The molecule has 4 nitrogen and oxygen atoms in total. The topological polar surface area (TPSA) is 48.1 Å². The highest BCUT2D eigenvalue weighted by molar-refractivity contribution is 5.66. The fraction of sp³-hybridized carbons (Fsp3) is 0.833. The van der Waals surface area contributed by atoms with Crippen LogP contribution in [0.1, 0.15) is 53.4 Å². The number of carbonyl (C=O) groups is 1. The average Bonchev–Trinajstić information content (AvgIpc) is 3.22. The number of carbonyl (C=O) groups excluding carboxylic acids is 1. The van der Waals surface area contributed by atoms with Crippen LogP contribution in [0.4, 0.5) is 0 Å². The van der Waals surface area contributed by atoms with Gasteiger partial charge in [0.05, 0.1) is 12.7 Å². The van der Waals surface area contributed by atoms with Gasteiger partial charge in [0, 0.05) is 17.8 Å². The molecule has 0 aromatic heterocycles. The van der Waals surface area contributed by atoms with E-state index in [4.69, 9.17) is 14.2 Å². The van der Waals surface area contributed by atoms with E-state index in [-0.39, 0.29) is 40.7 Å². The molecule has 0 N–H and O–H groups in total. The number of rotatable bonds is 1. The first-order valence-electron chi connectivity index (χ1n) is 8.46. The summed E-state index contributed by atoms with van der Waals surface area (Å²) in [7, 11) is 0. The van der Waals surface area contributed by atoms with E-state index < -0.39 is 0 Å². The van der Waals surface area contributed by atoms with Crippen molar-refractivity contribution in [3.8, 4) is 0 Å². The zero-order valence-electron chi connectivity index (χ0n) is 14.0. The zero-order valence-corrected chi connectivity index (χ0v) is 14.0. The maximum Gasteiger partial charge on any atom is 0.302 e. The van der Waals surface area contributed by atoms with E-state index in [0.717, 1.165) is 32.3 Å². The lowest BCUT2D eigenvalue weighted by atomic mass is 9.47. The summed E-state index contributed by atoms with van der Waals surface area (Å²) < 4.78 is 18.1. The zero-order chi connectivity index (χ0) is 15.8. The number of allylic oxidation sites excluding steroid dienone is 1. The minimum atomic E-state index is -0.254. The Labute approximate surface area is 132 Å². The predicted octanol–water partition coefficient (Wildman–Crippen LogP) is 3.00. The van der Waals surface area contributed by atoms with Gasteiger partial charge in [-0.3, -0.25) is 4.79 Å². The van der Waals surface area contributed by atoms with E-state index in [1.165, 1.54) is 12.5 Å². The Kier molecular flexibility index (Phi) is 2.91. The van der Waals surface area contributed by atoms with Crippen molar-refractivity contribution in [3.05, 3.63) is 11.6 Å². The fourth-order valence-electron chi connectivity index (χ4n) is 5.33. The van der Waals surface area contributed by atoms with Gasteiger partial charge in [0.25, 0.3) is 0 Å². The molecule has 0 amide bonds. The number of esters is 1. The second-order valence-electron chi connectivity index (χ2n) is 8.10. The molecule has 22 heavy (non-hydrogen) atoms. The minimum Gasteiger partial charge on any atom is -0.460 e. The van der Waals surface area contributed by atoms with Crippen LogP contribution in [0.15, 0.2) is 11.6 Å². The van der Waals surface area contributed by atoms with E-state index >= 15 is 0 Å². The van der Waals surface area contributed by atoms with Gasteiger partial charge < -0.3 is 14.2 Å². The van der Waals surface area contributed by atoms with Gasteiger partial charge in [0.15, 0.2) is 0 Å². The van der Waals surface area contributed by atoms with Crippen LogP contribution < -0.4 is 0 Å². The van der Waals surface area contributed by atoms with E-state index in [1.54, 1.807) is 0 Å². The van der Waals surface area contributed by atoms with Crippen LogP contribution in [0, 0.1) is 10.8 Å². The molecule has 0 unspecified atom stereocenters. The summed E-state index contributed by atoms with van der Waals surface area (Å²) in [5.41, 5.74) is 1.33. The van der Waals surface area contributed by atoms with Gasteiger partial charge in [-0.2, -0.15) is 0 Å². The Hall–Kier alpha value is -0.870. The summed E-state index contributed by atoms with van der Waals surface area (Å²) in [6.07, 6.45) is 6.28. The number of epoxide rings is 1. The number of fused-ring (bicyclic) bond motifs is 2. The summed E-state index contributed by atoms with van der Waals surface area (Å²) in [6, 6.07) is 0. The van der Waals surface area contributed by atoms with E-state index in [9.17, 15) is 4.79 Å². The summed E-state index contributed by atoms with van der Waals surface area (Å²) in [5.74, 6) is -0.225. The first-order valence-corrected chi connectivity index (χ1v) is 8.46. The first kappa shape index (κ1) is 14.7. The standard InChI is InChI=1S/C18H26O4/c1-11-5-7-16(3)14(9-11)22-15-13(21-12(2)19)6-8-17(16,4)18(15)10-20-18/h9,13-15H,5-8,10H2,1-4H3/t13-,14-,15-,16+,17-,18-/m1/s1. The van der Waals surface area contributed by atoms with Gasteiger partial charge in [-0.25, -0.2) is 0 Å². The van der Waals surface area contributed by atoms with Crippen LogP contribution in [-0.4, -0.2) is 36.5 Å². The third-order valence-corrected chi connectivity index (χ3v) is 7.09. The minimum absolute atomic E-state index is 0.0848. The maximum atomic E-state index is 11.5. The SMILES string of the molecule is CC(=O)O[C@@H]1CC[C@]2(C)[C@@]3(C)CCC(C)=C[C@H]3O[C@H]1[C@]21CO1. The molecule has 2 aliphatic carbocycles. The Morgan fingerprint density at radius 1 is 1.36 bits per heavy atom. The second-order valence-corrected chi connectivity index (χ2v) is 8.10. The third kappa shape index (κ3) is 1.63. The summed E-state index contributed by atoms with van der Waals surface area (Å²) in [6.45, 7) is 9.14. The van der Waals surface area contributed by atoms with Crippen molar-refractivity contribution in [1.82, 2.24) is 0 Å². The molecule has 0 aromatic carbocycles. The number of hydrogen-bond acceptors (Lipinski definition) is 4. The molecule has 1 saturated carbocycles. The lowest BCUT2D eigenvalue weighted by Crippen LogP contribution is -2.70. The molecule has 3 fully saturated rings. The molecule has 0 radical (unpaired) electrons. The molecule has 122 valence electrons. The van der Waals surface area contributed by atoms with Crippen molar-refractivity contribution in [1.29, 1.82) is 0 Å². The van der Waals surface area contributed by atoms with E-state index in [2.05, 4.69) is 26.8 Å². The van der Waals surface area contributed by atoms with Crippen LogP contribution in [0.5, 0.6) is 0 Å². The molecular weight excluding hydrogens is 280 g/mol. The first-order chi connectivity index (χ1) is 10.3. The van der Waals surface area contributed by atoms with Gasteiger partial charge in [-0.05, 0) is 32.6 Å². The molecule has 4 aliphatic rings. The van der Waals surface area contributed by atoms with Gasteiger partial charge >= 0.3 is 5.97 Å². The molecule has 4 rings (SSSR count). The number of ether oxygens (including phenoxy) is 3. The molecule has 2 heterocycles. The predicted molar refractivity (Wildman–Crippen MR) is 81.3 cm³/mol. The van der Waals surface area contributed by atoms with Crippen molar-refractivity contribution in [2.24, 2.45) is 10.8 Å². The van der Waals surface area contributed by atoms with Crippen molar-refractivity contribution in [3.63, 3.8) is 0 Å². The highest BCUT2D eigenvalue weighted by atomic mass is 16.6. The third-order valence-electron chi connectivity index (χ3n) is 7.09. The Morgan fingerprint density at radius 2 is 2.09 bits per heavy atom. The average molecular weight is 306 g/mol. The summed E-state index contributed by atoms with van der Waals surface area (Å²) in [5, 5.41) is 0. The number of hydrogen-bond donors (Lipinski definition) is 0. The fourth-order valence-corrected chi connectivity index (χ4v) is 5.33. The highest BCUT2D eigenvalue weighted by Crippen LogP contribution is 2.69. The van der Waals surface area contributed by atoms with Gasteiger partial charge in [-0.1, -0.05) is 25.5 Å². The van der Waals surface area contributed by atoms with E-state index in [0.29, 0.717) is 0 Å². The molecule has 2 aliphatic heterocycles. The molecule has 0 aromatic rings. The molecule has 4 heteroatoms. The molecule has 6 atom stereocenters. The largest absolute Gasteiger partial charge is 0.460 e. The Balaban J connectivity index is 1.76. The molecule has 2 bridgehead atoms. The van der Waals surface area contributed by atoms with Crippen LogP contribution in [0.3, 0.4) is 0 Å². The lowest BCUT2D eigenvalue weighted by Gasteiger charge is -2.64. The van der Waals surface area contributed by atoms with Crippen LogP contribution in [0.2, 0.25) is 0 Å². The van der Waals surface area contributed by atoms with Crippen molar-refractivity contribution in [2.75, 3.05) is 6.61 Å². The lowest BCUT2D eigenvalue weighted by molar-refractivity contribution is -0.273. The monoisotopic (exact) mass is 306 g/mol. The highest BCUT2D eigenvalue weighted by Gasteiger charge is 2.77. The van der Waals surface area contributed by atoms with Crippen molar-refractivity contribution >= 4 is 5.97 Å². The van der Waals surface area contributed by atoms with Crippen molar-refractivity contribution < 1.29 is 19.0 Å². The van der Waals surface area contributed by atoms with Gasteiger partial charge in [-0.15, -0.1) is 0 Å². The summed E-state index contributed by atoms with van der Waals surface area (Å²) >= 11 is 0. The molecule has 2 saturated heterocycles. The Morgan fingerprint density at radius 3 is 2.73 bits per heavy atom. The van der Waals surface area contributed by atoms with Crippen LogP contribution in [-0.2, 0) is 19.0 Å². The van der Waals surface area contributed by atoms with Crippen LogP contribution >= 0.6 is 0 Å². The Bertz CT molecular complexity index is 549. The summed E-state index contributed by atoms with van der Waals surface area (Å²) in [4.78, 5) is 11.5. The quantitative estimate of drug-likeness (QED) is 0.424. The van der Waals surface area contributed by atoms with E-state index in [1.807, 2.05) is 0 Å². The molecule has 1 spiro atoms. The smallest absolute Gasteiger partial charge is 0.302 e. The van der Waals surface area contributed by atoms with Gasteiger partial charge in [0.2, 0.25) is 0 Å². The van der Waals surface area contributed by atoms with Crippen molar-refractivity contribution in [2.45, 2.75) is 77.3 Å². The van der Waals surface area contributed by atoms with Crippen LogP contribution in [0.25, 0.3) is 0 Å². The normalized spacial score (nSPS) is 52.7. The van der Waals surface area contributed by atoms with Gasteiger partial charge in [0.1, 0.15) is 17.8 Å². The second kappa shape index (κ2) is 4.35. The molecular formula is C18H26O4. The maximum absolute atomic E-state index is 11.5.